The van der Waals surface area contributed by atoms with E-state index in [0.717, 1.165) is 51.9 Å². The number of carbonyl (C=O) groups excluding carboxylic acids is 1. The summed E-state index contributed by atoms with van der Waals surface area (Å²) in [5.41, 5.74) is 9.21. The minimum absolute atomic E-state index is 0.101. The van der Waals surface area contributed by atoms with Gasteiger partial charge in [0.25, 0.3) is 5.91 Å². The number of H-pyrrole nitrogens is 1. The number of hydrogen-bond acceptors (Lipinski definition) is 14. The number of rotatable bonds is 12. The fourth-order valence-electron chi connectivity index (χ4n) is 8.35. The number of hydrogen-bond donors (Lipinski definition) is 4. The minimum Gasteiger partial charge on any atom is -0.470 e. The molecule has 0 radical (unpaired) electrons. The Morgan fingerprint density at radius 1 is 0.794 bits per heavy atom. The molecule has 4 N–H and O–H groups in total. The van der Waals surface area contributed by atoms with Crippen molar-refractivity contribution in [1.29, 1.82) is 0 Å². The molecule has 63 heavy (non-hydrogen) atoms. The van der Waals surface area contributed by atoms with Gasteiger partial charge in [0.15, 0.2) is 0 Å². The van der Waals surface area contributed by atoms with Gasteiger partial charge in [0.1, 0.15) is 28.8 Å². The maximum Gasteiger partial charge on any atom is 0.251 e. The number of benzene rings is 2. The van der Waals surface area contributed by atoms with Crippen molar-refractivity contribution >= 4 is 62.1 Å². The van der Waals surface area contributed by atoms with Crippen molar-refractivity contribution in [3.8, 4) is 23.1 Å². The second kappa shape index (κ2) is 15.0. The van der Waals surface area contributed by atoms with Crippen LogP contribution in [0.5, 0.6) is 11.8 Å². The van der Waals surface area contributed by atoms with Crippen molar-refractivity contribution < 1.29 is 23.7 Å². The Bertz CT molecular complexity index is 3210. The minimum atomic E-state index is -0.173. The normalized spacial score (nSPS) is 17.3. The average Bonchev–Trinajstić information content (AvgIpc) is 4.13. The molecule has 2 atom stereocenters. The molecule has 1 amide bonds. The molecule has 3 aliphatic rings. The zero-order chi connectivity index (χ0) is 42.0. The average molecular weight is 846 g/mol. The van der Waals surface area contributed by atoms with Crippen LogP contribution in [0.15, 0.2) is 85.8 Å². The molecule has 0 spiro atoms. The molecule has 316 valence electrons. The maximum absolute atomic E-state index is 12.4. The fraction of sp³-hybridized carbons (Fsp3) is 0.256. The highest BCUT2D eigenvalue weighted by Crippen LogP contribution is 2.35. The van der Waals surface area contributed by atoms with Gasteiger partial charge in [0.05, 0.1) is 74.0 Å². The second-order valence-electron chi connectivity index (χ2n) is 15.8. The summed E-state index contributed by atoms with van der Waals surface area (Å²) >= 11 is 0. The van der Waals surface area contributed by atoms with Crippen molar-refractivity contribution in [3.63, 3.8) is 0 Å². The highest BCUT2D eigenvalue weighted by molar-refractivity contribution is 5.99. The lowest BCUT2D eigenvalue weighted by Crippen LogP contribution is -2.17. The first-order valence-corrected chi connectivity index (χ1v) is 20.6. The van der Waals surface area contributed by atoms with E-state index in [4.69, 9.17) is 44.0 Å². The SMILES string of the molecule is Cn1cc(-n2cc(Cn3cc(-n4ccc5nc(Nc6ccc7c(c6)C(=O)NC7)nc(O[C@H]6CCOC6)c54)cn3)c3nc(Nc4ccc5[nH]ncc5c4)nc(O[C@H]4CCOC4)c32)cn1. The topological polar surface area (TPSA) is 216 Å². The Labute approximate surface area is 357 Å². The van der Waals surface area contributed by atoms with Crippen LogP contribution < -0.4 is 25.4 Å². The number of fused-ring (bicyclic) bond motifs is 4. The van der Waals surface area contributed by atoms with Crippen LogP contribution in [0.4, 0.5) is 23.3 Å². The van der Waals surface area contributed by atoms with Gasteiger partial charge in [0, 0.05) is 79.1 Å². The quantitative estimate of drug-likeness (QED) is 0.126. The smallest absolute Gasteiger partial charge is 0.251 e. The fourth-order valence-corrected chi connectivity index (χ4v) is 8.35. The van der Waals surface area contributed by atoms with E-state index in [2.05, 4.69) is 31.2 Å². The third-order valence-electron chi connectivity index (χ3n) is 11.5. The van der Waals surface area contributed by atoms with E-state index in [9.17, 15) is 4.79 Å². The van der Waals surface area contributed by atoms with Crippen molar-refractivity contribution in [2.75, 3.05) is 37.1 Å². The molecule has 0 saturated carbocycles. The number of amides is 1. The van der Waals surface area contributed by atoms with E-state index in [-0.39, 0.29) is 18.1 Å². The molecule has 2 aromatic carbocycles. The first-order valence-electron chi connectivity index (χ1n) is 20.6. The Kier molecular flexibility index (Phi) is 8.78. The zero-order valence-corrected chi connectivity index (χ0v) is 33.9. The first kappa shape index (κ1) is 37.0. The Hall–Kier alpha value is -7.84. The summed E-state index contributed by atoms with van der Waals surface area (Å²) in [6.07, 6.45) is 14.4. The maximum atomic E-state index is 12.4. The van der Waals surface area contributed by atoms with Crippen LogP contribution in [0.3, 0.4) is 0 Å². The van der Waals surface area contributed by atoms with Gasteiger partial charge in [-0.2, -0.15) is 25.3 Å². The zero-order valence-electron chi connectivity index (χ0n) is 33.9. The molecular formula is C43H39N15O5. The molecule has 20 nitrogen and oxygen atoms in total. The number of anilines is 4. The molecule has 2 saturated heterocycles. The van der Waals surface area contributed by atoms with Gasteiger partial charge in [-0.3, -0.25) is 19.3 Å². The largest absolute Gasteiger partial charge is 0.470 e. The van der Waals surface area contributed by atoms with E-state index >= 15 is 0 Å². The summed E-state index contributed by atoms with van der Waals surface area (Å²) in [4.78, 5) is 32.2. The molecule has 3 aliphatic heterocycles. The molecule has 0 unspecified atom stereocenters. The number of carbonyl (C=O) groups is 1. The van der Waals surface area contributed by atoms with Crippen LogP contribution in [-0.2, 0) is 29.6 Å². The van der Waals surface area contributed by atoms with Crippen LogP contribution in [-0.4, -0.2) is 103 Å². The monoisotopic (exact) mass is 845 g/mol. The first-order chi connectivity index (χ1) is 30.9. The van der Waals surface area contributed by atoms with Crippen molar-refractivity contribution in [2.24, 2.45) is 7.05 Å². The lowest BCUT2D eigenvalue weighted by molar-refractivity contribution is 0.0965. The number of aromatic amines is 1. The predicted octanol–water partition coefficient (Wildman–Crippen LogP) is 5.08. The summed E-state index contributed by atoms with van der Waals surface area (Å²) in [5, 5.41) is 27.0. The number of aromatic nitrogens is 12. The van der Waals surface area contributed by atoms with Gasteiger partial charge >= 0.3 is 0 Å². The van der Waals surface area contributed by atoms with E-state index < -0.39 is 0 Å². The Morgan fingerprint density at radius 2 is 1.54 bits per heavy atom. The van der Waals surface area contributed by atoms with Crippen molar-refractivity contribution in [1.82, 2.24) is 64.1 Å². The highest BCUT2D eigenvalue weighted by atomic mass is 16.6. The van der Waals surface area contributed by atoms with Crippen LogP contribution in [0.25, 0.3) is 44.3 Å². The second-order valence-corrected chi connectivity index (χ2v) is 15.8. The highest BCUT2D eigenvalue weighted by Gasteiger charge is 2.27. The number of ether oxygens (including phenoxy) is 4. The van der Waals surface area contributed by atoms with Crippen molar-refractivity contribution in [2.45, 2.75) is 38.1 Å². The Balaban J connectivity index is 0.915. The lowest BCUT2D eigenvalue weighted by Gasteiger charge is -2.15. The number of aryl methyl sites for hydroxylation is 1. The van der Waals surface area contributed by atoms with Gasteiger partial charge in [-0.1, -0.05) is 6.07 Å². The molecule has 2 fully saturated rings. The molecule has 20 heteroatoms. The summed E-state index contributed by atoms with van der Waals surface area (Å²) in [7, 11) is 1.88. The molecule has 7 aromatic heterocycles. The number of nitrogens with zero attached hydrogens (tertiary/aromatic N) is 11. The third kappa shape index (κ3) is 6.90. The van der Waals surface area contributed by atoms with E-state index in [1.165, 1.54) is 0 Å². The summed E-state index contributed by atoms with van der Waals surface area (Å²) in [5.74, 6) is 1.44. The van der Waals surface area contributed by atoms with Gasteiger partial charge in [-0.25, -0.2) is 9.97 Å². The molecule has 0 aliphatic carbocycles. The molecular weight excluding hydrogens is 807 g/mol. The lowest BCUT2D eigenvalue weighted by atomic mass is 10.1. The van der Waals surface area contributed by atoms with Crippen molar-refractivity contribution in [3.05, 3.63) is 103 Å². The van der Waals surface area contributed by atoms with Crippen LogP contribution >= 0.6 is 0 Å². The molecule has 9 aromatic rings. The van der Waals surface area contributed by atoms with E-state index in [1.54, 1.807) is 23.3 Å². The van der Waals surface area contributed by atoms with Crippen LogP contribution in [0, 0.1) is 0 Å². The third-order valence-corrected chi connectivity index (χ3v) is 11.5. The van der Waals surface area contributed by atoms with Gasteiger partial charge < -0.3 is 44.0 Å². The van der Waals surface area contributed by atoms with E-state index in [0.29, 0.717) is 96.5 Å². The number of nitrogens with one attached hydrogen (secondary N) is 4. The van der Waals surface area contributed by atoms with Gasteiger partial charge in [0.2, 0.25) is 23.7 Å². The predicted molar refractivity (Wildman–Crippen MR) is 229 cm³/mol. The van der Waals surface area contributed by atoms with Gasteiger partial charge in [-0.15, -0.1) is 0 Å². The van der Waals surface area contributed by atoms with E-state index in [1.807, 2.05) is 88.1 Å². The summed E-state index contributed by atoms with van der Waals surface area (Å²) in [6, 6.07) is 13.5. The summed E-state index contributed by atoms with van der Waals surface area (Å²) < 4.78 is 32.1. The molecule has 0 bridgehead atoms. The van der Waals surface area contributed by atoms with Crippen LogP contribution in [0.1, 0.15) is 34.3 Å². The van der Waals surface area contributed by atoms with Crippen LogP contribution in [0.2, 0.25) is 0 Å². The Morgan fingerprint density at radius 3 is 2.32 bits per heavy atom. The molecule has 10 heterocycles. The molecule has 12 rings (SSSR count). The van der Waals surface area contributed by atoms with Gasteiger partial charge in [-0.05, 0) is 42.0 Å². The standard InChI is InChI=1S/C43H39N15O5/c1-55-20-29(16-46-55)58-19-26(36-38(58)41(63-32-8-11-61-23-32)53-43(51-36)48-27-4-5-34-25(12-27)15-45-54-34)18-56-21-30(17-47-56)57-9-6-35-37(57)40(62-31-7-10-60-22-31)52-42(50-35)49-28-3-2-24-14-44-39(59)33(24)13-28/h2-6,9,12-13,15-17,19-21,31-32H,7-8,10-11,14,18,22-23H2,1H3,(H,44,59)(H,45,54)(H,48,51,53)(H,49,50,52)/t31-,32-/m0/s1. The summed E-state index contributed by atoms with van der Waals surface area (Å²) in [6.45, 7) is 3.03.